The van der Waals surface area contributed by atoms with E-state index in [4.69, 9.17) is 0 Å². The first-order valence-corrected chi connectivity index (χ1v) is 11.2. The van der Waals surface area contributed by atoms with Gasteiger partial charge in [0, 0.05) is 30.6 Å². The number of pyridine rings is 1. The largest absolute Gasteiger partial charge is 0.391 e. The number of hydrogen-bond acceptors (Lipinski definition) is 6. The molecule has 182 valence electrons. The molecule has 1 aliphatic heterocycles. The number of β-amino-alcohol motifs (C(OH)–C–C–N with tert-alkyl or cyclic N) is 1. The molecule has 2 aromatic heterocycles. The van der Waals surface area contributed by atoms with E-state index in [2.05, 4.69) is 15.3 Å². The highest BCUT2D eigenvalue weighted by Crippen LogP contribution is 2.32. The molecule has 3 heterocycles. The number of benzene rings is 1. The number of aliphatic hydroxyl groups excluding tert-OH is 1. The van der Waals surface area contributed by atoms with Crippen molar-refractivity contribution >= 4 is 16.9 Å². The maximum Gasteiger partial charge on any atom is 0.266 e. The fourth-order valence-electron chi connectivity index (χ4n) is 4.64. The van der Waals surface area contributed by atoms with E-state index in [0.29, 0.717) is 41.2 Å². The quantitative estimate of drug-likeness (QED) is 0.586. The van der Waals surface area contributed by atoms with E-state index in [1.54, 1.807) is 27.0 Å². The zero-order valence-corrected chi connectivity index (χ0v) is 19.5. The van der Waals surface area contributed by atoms with E-state index in [9.17, 15) is 23.1 Å². The number of anilines is 1. The third-order valence-electron chi connectivity index (χ3n) is 6.50. The number of likely N-dealkylation sites (N-methyl/N-ethyl adjacent to an activating group) is 1. The monoisotopic (exact) mass is 475 g/mol. The molecule has 10 heteroatoms. The van der Waals surface area contributed by atoms with Crippen molar-refractivity contribution in [3.63, 3.8) is 0 Å². The molecule has 1 fully saturated rings. The van der Waals surface area contributed by atoms with Gasteiger partial charge in [-0.05, 0) is 39.9 Å². The van der Waals surface area contributed by atoms with Crippen molar-refractivity contribution in [1.82, 2.24) is 19.4 Å². The number of likely N-dealkylation sites (tertiary alicyclic amines) is 1. The predicted octanol–water partition coefficient (Wildman–Crippen LogP) is 3.67. The molecule has 3 atom stereocenters. The lowest BCUT2D eigenvalue weighted by Gasteiger charge is -2.33. The Bertz CT molecular complexity index is 1280. The minimum atomic E-state index is -2.92. The van der Waals surface area contributed by atoms with Gasteiger partial charge in [-0.1, -0.05) is 18.2 Å². The molecule has 1 saturated heterocycles. The van der Waals surface area contributed by atoms with E-state index in [1.165, 1.54) is 16.7 Å². The summed E-state index contributed by atoms with van der Waals surface area (Å²) in [5.41, 5.74) is 0.0347. The summed E-state index contributed by atoms with van der Waals surface area (Å²) in [6.45, 7) is 4.53. The van der Waals surface area contributed by atoms with Gasteiger partial charge in [0.2, 0.25) is 0 Å². The molecule has 0 aliphatic carbocycles. The standard InChI is InChI=1S/C24H28F3N5O2/c1-12(14-6-5-7-16(20(14)25)21(26)27)28-22-18-10-17(15-8-9-31(3)11-19(15)33)24(34)32(4)23(18)30-13(2)29-22/h5-7,10,12,15,19,21,33H,8-9,11H2,1-4H3,(H,28,29,30). The zero-order valence-electron chi connectivity index (χ0n) is 19.5. The van der Waals surface area contributed by atoms with Crippen LogP contribution in [-0.2, 0) is 7.05 Å². The molecule has 1 aromatic carbocycles. The van der Waals surface area contributed by atoms with E-state index in [0.717, 1.165) is 12.6 Å². The number of piperidine rings is 1. The first kappa shape index (κ1) is 24.2. The second-order valence-electron chi connectivity index (χ2n) is 8.96. The van der Waals surface area contributed by atoms with Gasteiger partial charge in [0.05, 0.1) is 23.1 Å². The summed E-state index contributed by atoms with van der Waals surface area (Å²) >= 11 is 0. The summed E-state index contributed by atoms with van der Waals surface area (Å²) in [6.07, 6.45) is -3.00. The maximum atomic E-state index is 14.7. The summed E-state index contributed by atoms with van der Waals surface area (Å²) in [4.78, 5) is 24.0. The fraction of sp³-hybridized carbons (Fsp3) is 0.458. The Labute approximate surface area is 195 Å². The summed E-state index contributed by atoms with van der Waals surface area (Å²) in [5.74, 6) is -0.552. The van der Waals surface area contributed by atoms with Crippen molar-refractivity contribution in [3.05, 3.63) is 63.0 Å². The Kier molecular flexibility index (Phi) is 6.64. The number of hydrogen-bond donors (Lipinski definition) is 2. The molecule has 4 rings (SSSR count). The third-order valence-corrected chi connectivity index (χ3v) is 6.50. The summed E-state index contributed by atoms with van der Waals surface area (Å²) in [5, 5.41) is 14.3. The van der Waals surface area contributed by atoms with E-state index in [-0.39, 0.29) is 17.0 Å². The van der Waals surface area contributed by atoms with Crippen molar-refractivity contribution in [3.8, 4) is 0 Å². The molecule has 0 amide bonds. The Morgan fingerprint density at radius 1 is 1.21 bits per heavy atom. The van der Waals surface area contributed by atoms with Crippen LogP contribution in [0.15, 0.2) is 29.1 Å². The van der Waals surface area contributed by atoms with Gasteiger partial charge in [-0.2, -0.15) is 0 Å². The van der Waals surface area contributed by atoms with Crippen molar-refractivity contribution in [2.75, 3.05) is 25.5 Å². The van der Waals surface area contributed by atoms with Crippen LogP contribution in [0.1, 0.15) is 54.2 Å². The average molecular weight is 476 g/mol. The number of aryl methyl sites for hydroxylation is 2. The Morgan fingerprint density at radius 2 is 1.91 bits per heavy atom. The SMILES string of the molecule is Cc1nc(NC(C)c2cccc(C(F)F)c2F)c2cc(C3CCN(C)CC3O)c(=O)n(C)c2n1. The number of halogens is 3. The summed E-state index contributed by atoms with van der Waals surface area (Å²) < 4.78 is 42.5. The van der Waals surface area contributed by atoms with Crippen LogP contribution in [0.3, 0.4) is 0 Å². The Hall–Kier alpha value is -2.98. The van der Waals surface area contributed by atoms with Crippen LogP contribution in [0.2, 0.25) is 0 Å². The predicted molar refractivity (Wildman–Crippen MR) is 124 cm³/mol. The normalized spacial score (nSPS) is 20.1. The highest BCUT2D eigenvalue weighted by atomic mass is 19.3. The van der Waals surface area contributed by atoms with Gasteiger partial charge in [0.1, 0.15) is 23.1 Å². The van der Waals surface area contributed by atoms with Crippen molar-refractivity contribution in [2.45, 2.75) is 44.8 Å². The lowest BCUT2D eigenvalue weighted by molar-refractivity contribution is 0.0633. The van der Waals surface area contributed by atoms with Crippen LogP contribution in [0.25, 0.3) is 11.0 Å². The maximum absolute atomic E-state index is 14.7. The Morgan fingerprint density at radius 3 is 2.59 bits per heavy atom. The average Bonchev–Trinajstić information content (AvgIpc) is 2.77. The minimum absolute atomic E-state index is 0.0815. The summed E-state index contributed by atoms with van der Waals surface area (Å²) in [7, 11) is 3.53. The lowest BCUT2D eigenvalue weighted by atomic mass is 9.87. The van der Waals surface area contributed by atoms with Crippen LogP contribution < -0.4 is 10.9 Å². The molecule has 0 saturated carbocycles. The minimum Gasteiger partial charge on any atom is -0.391 e. The molecule has 1 aliphatic rings. The number of fused-ring (bicyclic) bond motifs is 1. The van der Waals surface area contributed by atoms with Gasteiger partial charge in [-0.3, -0.25) is 9.36 Å². The number of nitrogens with one attached hydrogen (secondary N) is 1. The molecule has 2 N–H and O–H groups in total. The van der Waals surface area contributed by atoms with E-state index < -0.39 is 30.0 Å². The van der Waals surface area contributed by atoms with Crippen molar-refractivity contribution in [1.29, 1.82) is 0 Å². The van der Waals surface area contributed by atoms with Gasteiger partial charge in [-0.15, -0.1) is 0 Å². The lowest BCUT2D eigenvalue weighted by Crippen LogP contribution is -2.42. The topological polar surface area (TPSA) is 83.3 Å². The van der Waals surface area contributed by atoms with Gasteiger partial charge >= 0.3 is 0 Å². The molecule has 3 aromatic rings. The smallest absolute Gasteiger partial charge is 0.266 e. The van der Waals surface area contributed by atoms with Gasteiger partial charge in [0.15, 0.2) is 0 Å². The molecule has 0 bridgehead atoms. The summed E-state index contributed by atoms with van der Waals surface area (Å²) in [6, 6.07) is 4.91. The van der Waals surface area contributed by atoms with E-state index in [1.807, 2.05) is 11.9 Å². The highest BCUT2D eigenvalue weighted by Gasteiger charge is 2.30. The van der Waals surface area contributed by atoms with Gasteiger partial charge in [0.25, 0.3) is 12.0 Å². The van der Waals surface area contributed by atoms with Crippen LogP contribution in [-0.4, -0.2) is 50.8 Å². The second kappa shape index (κ2) is 9.34. The molecule has 0 spiro atoms. The highest BCUT2D eigenvalue weighted by molar-refractivity contribution is 5.87. The second-order valence-corrected chi connectivity index (χ2v) is 8.96. The number of aliphatic hydroxyl groups is 1. The molecule has 3 unspecified atom stereocenters. The van der Waals surface area contributed by atoms with Crippen molar-refractivity contribution < 1.29 is 18.3 Å². The van der Waals surface area contributed by atoms with Crippen LogP contribution in [0, 0.1) is 12.7 Å². The zero-order chi connectivity index (χ0) is 24.7. The molecule has 0 radical (unpaired) electrons. The van der Waals surface area contributed by atoms with Crippen molar-refractivity contribution in [2.24, 2.45) is 7.05 Å². The third kappa shape index (κ3) is 4.39. The number of nitrogens with zero attached hydrogens (tertiary/aromatic N) is 4. The van der Waals surface area contributed by atoms with E-state index >= 15 is 0 Å². The fourth-order valence-corrected chi connectivity index (χ4v) is 4.64. The molecular formula is C24H28F3N5O2. The first-order valence-electron chi connectivity index (χ1n) is 11.2. The number of aromatic nitrogens is 3. The number of rotatable bonds is 5. The van der Waals surface area contributed by atoms with Crippen LogP contribution in [0.5, 0.6) is 0 Å². The molecular weight excluding hydrogens is 447 g/mol. The first-order chi connectivity index (χ1) is 16.1. The number of alkyl halides is 2. The van der Waals surface area contributed by atoms with Gasteiger partial charge < -0.3 is 15.3 Å². The van der Waals surface area contributed by atoms with Crippen LogP contribution >= 0.6 is 0 Å². The molecule has 34 heavy (non-hydrogen) atoms. The Balaban J connectivity index is 1.80. The van der Waals surface area contributed by atoms with Crippen LogP contribution in [0.4, 0.5) is 19.0 Å². The van der Waals surface area contributed by atoms with Gasteiger partial charge in [-0.25, -0.2) is 23.1 Å². The molecule has 7 nitrogen and oxygen atoms in total.